The lowest BCUT2D eigenvalue weighted by molar-refractivity contribution is 0.0926. The summed E-state index contributed by atoms with van der Waals surface area (Å²) < 4.78 is 0. The predicted octanol–water partition coefficient (Wildman–Crippen LogP) is 4.03. The van der Waals surface area contributed by atoms with Crippen LogP contribution in [0.25, 0.3) is 0 Å². The Balaban J connectivity index is 1.63. The van der Waals surface area contributed by atoms with Crippen molar-refractivity contribution in [2.45, 2.75) is 57.5 Å². The van der Waals surface area contributed by atoms with E-state index in [2.05, 4.69) is 15.6 Å². The minimum atomic E-state index is -0.282. The first kappa shape index (κ1) is 19.1. The molecule has 1 aromatic heterocycles. The van der Waals surface area contributed by atoms with Crippen molar-refractivity contribution in [3.05, 3.63) is 65.5 Å². The number of carbonyl (C=O) groups is 2. The van der Waals surface area contributed by atoms with Gasteiger partial charge in [-0.2, -0.15) is 0 Å². The van der Waals surface area contributed by atoms with Crippen LogP contribution >= 0.6 is 0 Å². The van der Waals surface area contributed by atoms with Crippen molar-refractivity contribution in [1.82, 2.24) is 15.6 Å². The van der Waals surface area contributed by atoms with Gasteiger partial charge >= 0.3 is 0 Å². The molecule has 1 unspecified atom stereocenters. The zero-order valence-electron chi connectivity index (χ0n) is 15.8. The summed E-state index contributed by atoms with van der Waals surface area (Å²) in [5.41, 5.74) is 1.57. The summed E-state index contributed by atoms with van der Waals surface area (Å²) in [6.07, 6.45) is 6.80. The van der Waals surface area contributed by atoms with Gasteiger partial charge in [0.1, 0.15) is 11.4 Å². The molecular weight excluding hydrogens is 338 g/mol. The van der Waals surface area contributed by atoms with Crippen LogP contribution in [0.2, 0.25) is 0 Å². The third-order valence-electron chi connectivity index (χ3n) is 5.05. The van der Waals surface area contributed by atoms with Gasteiger partial charge in [-0.1, -0.05) is 62.1 Å². The van der Waals surface area contributed by atoms with Crippen molar-refractivity contribution < 1.29 is 9.59 Å². The van der Waals surface area contributed by atoms with E-state index in [4.69, 9.17) is 0 Å². The van der Waals surface area contributed by atoms with Gasteiger partial charge in [-0.05, 0) is 37.5 Å². The number of benzene rings is 1. The number of rotatable bonds is 5. The van der Waals surface area contributed by atoms with Crippen molar-refractivity contribution in [3.63, 3.8) is 0 Å². The Bertz CT molecular complexity index is 768. The number of nitrogens with one attached hydrogen (secondary N) is 2. The Morgan fingerprint density at radius 2 is 1.52 bits per heavy atom. The Kier molecular flexibility index (Phi) is 6.58. The molecule has 5 heteroatoms. The van der Waals surface area contributed by atoms with Crippen LogP contribution in [0.15, 0.2) is 48.5 Å². The average molecular weight is 365 g/mol. The predicted molar refractivity (Wildman–Crippen MR) is 106 cm³/mol. The first-order valence-electron chi connectivity index (χ1n) is 9.77. The molecule has 27 heavy (non-hydrogen) atoms. The highest BCUT2D eigenvalue weighted by molar-refractivity contribution is 5.96. The SMILES string of the molecule is CC(NC(=O)c1cccc(C(=O)NC2CCCCCC2)n1)c1ccccc1. The fourth-order valence-corrected chi connectivity index (χ4v) is 3.47. The average Bonchev–Trinajstić information content (AvgIpc) is 2.97. The summed E-state index contributed by atoms with van der Waals surface area (Å²) >= 11 is 0. The lowest BCUT2D eigenvalue weighted by Gasteiger charge is -2.16. The molecule has 2 amide bonds. The summed E-state index contributed by atoms with van der Waals surface area (Å²) in [4.78, 5) is 29.4. The topological polar surface area (TPSA) is 71.1 Å². The standard InChI is InChI=1S/C22H27N3O2/c1-16(17-10-5-4-6-11-17)23-21(26)19-14-9-15-20(25-19)22(27)24-18-12-7-2-3-8-13-18/h4-6,9-11,14-16,18H,2-3,7-8,12-13H2,1H3,(H,23,26)(H,24,27). The van der Waals surface area contributed by atoms with Gasteiger partial charge in [0, 0.05) is 6.04 Å². The maximum atomic E-state index is 12.5. The Morgan fingerprint density at radius 3 is 2.19 bits per heavy atom. The van der Waals surface area contributed by atoms with Crippen molar-refractivity contribution >= 4 is 11.8 Å². The van der Waals surface area contributed by atoms with Crippen molar-refractivity contribution in [3.8, 4) is 0 Å². The first-order valence-corrected chi connectivity index (χ1v) is 9.77. The van der Waals surface area contributed by atoms with E-state index in [1.165, 1.54) is 12.8 Å². The fraction of sp³-hybridized carbons (Fsp3) is 0.409. The maximum Gasteiger partial charge on any atom is 0.270 e. The summed E-state index contributed by atoms with van der Waals surface area (Å²) in [5.74, 6) is -0.483. The minimum absolute atomic E-state index is 0.135. The van der Waals surface area contributed by atoms with Crippen LogP contribution in [0.5, 0.6) is 0 Å². The van der Waals surface area contributed by atoms with Gasteiger partial charge in [-0.15, -0.1) is 0 Å². The second-order valence-corrected chi connectivity index (χ2v) is 7.18. The molecule has 3 rings (SSSR count). The second kappa shape index (κ2) is 9.31. The van der Waals surface area contributed by atoms with Crippen LogP contribution in [-0.4, -0.2) is 22.8 Å². The van der Waals surface area contributed by atoms with E-state index in [1.807, 2.05) is 37.3 Å². The van der Waals surface area contributed by atoms with E-state index in [-0.39, 0.29) is 29.6 Å². The molecule has 2 aromatic rings. The molecule has 1 saturated carbocycles. The molecule has 0 spiro atoms. The third kappa shape index (κ3) is 5.39. The quantitative estimate of drug-likeness (QED) is 0.786. The largest absolute Gasteiger partial charge is 0.348 e. The molecule has 142 valence electrons. The van der Waals surface area contributed by atoms with Crippen LogP contribution in [0.3, 0.4) is 0 Å². The highest BCUT2D eigenvalue weighted by Crippen LogP contribution is 2.17. The Hall–Kier alpha value is -2.69. The normalized spacial score (nSPS) is 16.2. The molecule has 1 atom stereocenters. The molecule has 1 fully saturated rings. The van der Waals surface area contributed by atoms with Crippen molar-refractivity contribution in [1.29, 1.82) is 0 Å². The Labute approximate surface area is 160 Å². The molecule has 0 saturated heterocycles. The minimum Gasteiger partial charge on any atom is -0.348 e. The van der Waals surface area contributed by atoms with Gasteiger partial charge < -0.3 is 10.6 Å². The van der Waals surface area contributed by atoms with Gasteiger partial charge in [0.05, 0.1) is 6.04 Å². The zero-order chi connectivity index (χ0) is 19.1. The molecule has 1 aliphatic carbocycles. The van der Waals surface area contributed by atoms with Gasteiger partial charge in [-0.25, -0.2) is 4.98 Å². The maximum absolute atomic E-state index is 12.5. The number of hydrogen-bond acceptors (Lipinski definition) is 3. The van der Waals surface area contributed by atoms with Crippen LogP contribution in [-0.2, 0) is 0 Å². The highest BCUT2D eigenvalue weighted by atomic mass is 16.2. The lowest BCUT2D eigenvalue weighted by Crippen LogP contribution is -2.35. The number of amides is 2. The number of hydrogen-bond donors (Lipinski definition) is 2. The van der Waals surface area contributed by atoms with E-state index >= 15 is 0 Å². The van der Waals surface area contributed by atoms with E-state index in [1.54, 1.807) is 18.2 Å². The highest BCUT2D eigenvalue weighted by Gasteiger charge is 2.18. The molecular formula is C22H27N3O2. The van der Waals surface area contributed by atoms with Crippen molar-refractivity contribution in [2.75, 3.05) is 0 Å². The molecule has 1 aliphatic rings. The summed E-state index contributed by atoms with van der Waals surface area (Å²) in [6, 6.07) is 14.8. The fourth-order valence-electron chi connectivity index (χ4n) is 3.47. The summed E-state index contributed by atoms with van der Waals surface area (Å²) in [5, 5.41) is 6.01. The molecule has 1 heterocycles. The zero-order valence-corrected chi connectivity index (χ0v) is 15.8. The van der Waals surface area contributed by atoms with Gasteiger partial charge in [0.25, 0.3) is 11.8 Å². The molecule has 5 nitrogen and oxygen atoms in total. The number of aromatic nitrogens is 1. The van der Waals surface area contributed by atoms with E-state index in [9.17, 15) is 9.59 Å². The molecule has 0 bridgehead atoms. The second-order valence-electron chi connectivity index (χ2n) is 7.18. The van der Waals surface area contributed by atoms with E-state index in [0.717, 1.165) is 31.2 Å². The van der Waals surface area contributed by atoms with Gasteiger partial charge in [-0.3, -0.25) is 9.59 Å². The van der Waals surface area contributed by atoms with Gasteiger partial charge in [0.15, 0.2) is 0 Å². The summed E-state index contributed by atoms with van der Waals surface area (Å²) in [7, 11) is 0. The monoisotopic (exact) mass is 365 g/mol. The molecule has 0 aliphatic heterocycles. The number of carbonyl (C=O) groups excluding carboxylic acids is 2. The van der Waals surface area contributed by atoms with Gasteiger partial charge in [0.2, 0.25) is 0 Å². The number of pyridine rings is 1. The lowest BCUT2D eigenvalue weighted by atomic mass is 10.1. The third-order valence-corrected chi connectivity index (χ3v) is 5.05. The Morgan fingerprint density at radius 1 is 0.889 bits per heavy atom. The van der Waals surface area contributed by atoms with Crippen LogP contribution in [0.4, 0.5) is 0 Å². The van der Waals surface area contributed by atoms with Crippen molar-refractivity contribution in [2.24, 2.45) is 0 Å². The first-order chi connectivity index (χ1) is 13.1. The van der Waals surface area contributed by atoms with E-state index in [0.29, 0.717) is 5.69 Å². The number of nitrogens with zero attached hydrogens (tertiary/aromatic N) is 1. The smallest absolute Gasteiger partial charge is 0.270 e. The molecule has 2 N–H and O–H groups in total. The summed E-state index contributed by atoms with van der Waals surface area (Å²) in [6.45, 7) is 1.93. The molecule has 1 aromatic carbocycles. The van der Waals surface area contributed by atoms with Crippen LogP contribution < -0.4 is 10.6 Å². The van der Waals surface area contributed by atoms with Crippen LogP contribution in [0, 0.1) is 0 Å². The van der Waals surface area contributed by atoms with E-state index < -0.39 is 0 Å². The molecule has 0 radical (unpaired) electrons. The van der Waals surface area contributed by atoms with Crippen LogP contribution in [0.1, 0.15) is 78.0 Å².